The lowest BCUT2D eigenvalue weighted by Gasteiger charge is -2.44. The number of nitrogens with zero attached hydrogens (tertiary/aromatic N) is 1. The van der Waals surface area contributed by atoms with Crippen molar-refractivity contribution in [2.75, 3.05) is 0 Å². The number of hydrogen-bond acceptors (Lipinski definition) is 1. The van der Waals surface area contributed by atoms with Gasteiger partial charge in [0, 0.05) is 6.20 Å². The van der Waals surface area contributed by atoms with Crippen LogP contribution in [0.25, 0.3) is 0 Å². The molecule has 3 nitrogen and oxygen atoms in total. The van der Waals surface area contributed by atoms with E-state index in [1.165, 1.54) is 0 Å². The topological polar surface area (TPSA) is 42.2 Å². The third kappa shape index (κ3) is 2.26. The molecule has 0 saturated heterocycles. The average molecular weight is 267 g/mol. The molecule has 0 aliphatic carbocycles. The second kappa shape index (κ2) is 5.30. The number of aromatic carboxylic acids is 1. The quantitative estimate of drug-likeness (QED) is 0.812. The summed E-state index contributed by atoms with van der Waals surface area (Å²) in [6.07, 6.45) is 3.80. The first-order valence-electron chi connectivity index (χ1n) is 6.66. The van der Waals surface area contributed by atoms with Gasteiger partial charge in [0.25, 0.3) is 0 Å². The molecule has 0 amide bonds. The molecule has 0 aromatic carbocycles. The van der Waals surface area contributed by atoms with Gasteiger partial charge in [0.2, 0.25) is 0 Å². The second-order valence-corrected chi connectivity index (χ2v) is 11.7. The van der Waals surface area contributed by atoms with E-state index >= 15 is 0 Å². The molecule has 1 heterocycles. The van der Waals surface area contributed by atoms with E-state index < -0.39 is 14.2 Å². The summed E-state index contributed by atoms with van der Waals surface area (Å²) in [6, 6.07) is 1.72. The maximum Gasteiger partial charge on any atom is 0.337 e. The standard InChI is InChI=1S/C14H25NO2Si/c1-10(2)18(11(3)4,12(5)6)15-8-7-13(9-15)14(16)17/h7-12H,1-6H3,(H,16,17). The van der Waals surface area contributed by atoms with Crippen molar-refractivity contribution in [3.8, 4) is 0 Å². The molecule has 0 spiro atoms. The molecular formula is C14H25NO2Si. The van der Waals surface area contributed by atoms with Crippen LogP contribution in [-0.4, -0.2) is 23.5 Å². The van der Waals surface area contributed by atoms with E-state index in [4.69, 9.17) is 5.11 Å². The van der Waals surface area contributed by atoms with Crippen molar-refractivity contribution in [3.05, 3.63) is 24.0 Å². The Balaban J connectivity index is 3.37. The van der Waals surface area contributed by atoms with Gasteiger partial charge in [0.1, 0.15) is 0 Å². The van der Waals surface area contributed by atoms with Crippen molar-refractivity contribution in [3.63, 3.8) is 0 Å². The van der Waals surface area contributed by atoms with Crippen LogP contribution in [0.1, 0.15) is 51.9 Å². The molecule has 0 aliphatic rings. The van der Waals surface area contributed by atoms with Crippen LogP contribution in [0, 0.1) is 0 Å². The lowest BCUT2D eigenvalue weighted by molar-refractivity contribution is 0.0697. The maximum atomic E-state index is 11.1. The van der Waals surface area contributed by atoms with Gasteiger partial charge in [0.05, 0.1) is 5.56 Å². The van der Waals surface area contributed by atoms with Crippen LogP contribution >= 0.6 is 0 Å². The van der Waals surface area contributed by atoms with E-state index in [2.05, 4.69) is 45.8 Å². The molecule has 0 saturated carbocycles. The number of carbonyl (C=O) groups is 1. The molecule has 1 rings (SSSR count). The summed E-state index contributed by atoms with van der Waals surface area (Å²) in [5.74, 6) is -0.840. The third-order valence-electron chi connectivity index (χ3n) is 4.16. The maximum absolute atomic E-state index is 11.1. The Morgan fingerprint density at radius 3 is 1.83 bits per heavy atom. The Kier molecular flexibility index (Phi) is 4.43. The zero-order valence-electron chi connectivity index (χ0n) is 12.3. The number of hydrogen-bond donors (Lipinski definition) is 1. The van der Waals surface area contributed by atoms with Crippen LogP contribution in [0.4, 0.5) is 0 Å². The SMILES string of the molecule is CC(C)[Si](C(C)C)(C(C)C)n1ccc(C(=O)O)c1. The van der Waals surface area contributed by atoms with Crippen molar-refractivity contribution in [2.24, 2.45) is 0 Å². The molecule has 0 bridgehead atoms. The highest BCUT2D eigenvalue weighted by molar-refractivity contribution is 6.82. The van der Waals surface area contributed by atoms with E-state index in [0.29, 0.717) is 22.2 Å². The number of carboxylic acids is 1. The van der Waals surface area contributed by atoms with Crippen molar-refractivity contribution in [2.45, 2.75) is 58.2 Å². The van der Waals surface area contributed by atoms with Gasteiger partial charge < -0.3 is 9.34 Å². The second-order valence-electron chi connectivity index (χ2n) is 5.96. The van der Waals surface area contributed by atoms with Crippen LogP contribution in [0.15, 0.2) is 18.5 Å². The predicted octanol–water partition coefficient (Wildman–Crippen LogP) is 4.21. The van der Waals surface area contributed by atoms with Gasteiger partial charge in [0.15, 0.2) is 8.24 Å². The van der Waals surface area contributed by atoms with Crippen LogP contribution in [0.5, 0.6) is 0 Å². The predicted molar refractivity (Wildman–Crippen MR) is 77.8 cm³/mol. The summed E-state index contributed by atoms with van der Waals surface area (Å²) in [7, 11) is -1.78. The smallest absolute Gasteiger partial charge is 0.337 e. The van der Waals surface area contributed by atoms with Crippen molar-refractivity contribution >= 4 is 14.2 Å². The minimum atomic E-state index is -1.78. The molecular weight excluding hydrogens is 242 g/mol. The number of aromatic nitrogens is 1. The van der Waals surface area contributed by atoms with E-state index in [9.17, 15) is 4.79 Å². The van der Waals surface area contributed by atoms with E-state index in [0.717, 1.165) is 0 Å². The van der Waals surface area contributed by atoms with Crippen LogP contribution < -0.4 is 0 Å². The van der Waals surface area contributed by atoms with E-state index in [1.54, 1.807) is 6.07 Å². The summed E-state index contributed by atoms with van der Waals surface area (Å²) < 4.78 is 2.25. The first-order chi connectivity index (χ1) is 8.24. The number of rotatable bonds is 5. The molecule has 0 aliphatic heterocycles. The van der Waals surface area contributed by atoms with Gasteiger partial charge in [-0.05, 0) is 28.9 Å². The van der Waals surface area contributed by atoms with Gasteiger partial charge in [-0.15, -0.1) is 0 Å². The fourth-order valence-corrected chi connectivity index (χ4v) is 10.1. The lowest BCUT2D eigenvalue weighted by Crippen LogP contribution is -2.51. The minimum Gasteiger partial charge on any atom is -0.478 e. The Hall–Kier alpha value is -1.03. The van der Waals surface area contributed by atoms with Gasteiger partial charge in [-0.2, -0.15) is 0 Å². The van der Waals surface area contributed by atoms with Gasteiger partial charge >= 0.3 is 5.97 Å². The Morgan fingerprint density at radius 1 is 1.11 bits per heavy atom. The van der Waals surface area contributed by atoms with Gasteiger partial charge in [-0.1, -0.05) is 41.5 Å². The molecule has 0 fully saturated rings. The summed E-state index contributed by atoms with van der Waals surface area (Å²) in [5.41, 5.74) is 2.12. The molecule has 4 heteroatoms. The summed E-state index contributed by atoms with van der Waals surface area (Å²) in [5, 5.41) is 9.08. The van der Waals surface area contributed by atoms with Crippen LogP contribution in [0.3, 0.4) is 0 Å². The summed E-state index contributed by atoms with van der Waals surface area (Å²) in [4.78, 5) is 11.1. The van der Waals surface area contributed by atoms with Crippen molar-refractivity contribution in [1.82, 2.24) is 4.23 Å². The fraction of sp³-hybridized carbons (Fsp3) is 0.643. The first-order valence-corrected chi connectivity index (χ1v) is 8.84. The Morgan fingerprint density at radius 2 is 1.56 bits per heavy atom. The monoisotopic (exact) mass is 267 g/mol. The molecule has 0 atom stereocenters. The Bertz CT molecular complexity index is 399. The molecule has 18 heavy (non-hydrogen) atoms. The molecule has 1 N–H and O–H groups in total. The lowest BCUT2D eigenvalue weighted by atomic mass is 10.4. The molecule has 0 unspecified atom stereocenters. The van der Waals surface area contributed by atoms with Crippen LogP contribution in [-0.2, 0) is 0 Å². The van der Waals surface area contributed by atoms with E-state index in [1.807, 2.05) is 12.4 Å². The number of carboxylic acid groups (broad SMARTS) is 1. The minimum absolute atomic E-state index is 0.397. The first kappa shape index (κ1) is 15.0. The van der Waals surface area contributed by atoms with Crippen LogP contribution in [0.2, 0.25) is 16.6 Å². The summed E-state index contributed by atoms with van der Waals surface area (Å²) >= 11 is 0. The van der Waals surface area contributed by atoms with Crippen molar-refractivity contribution in [1.29, 1.82) is 0 Å². The zero-order valence-corrected chi connectivity index (χ0v) is 13.3. The van der Waals surface area contributed by atoms with Gasteiger partial charge in [-0.3, -0.25) is 0 Å². The highest BCUT2D eigenvalue weighted by atomic mass is 28.3. The normalized spacial score (nSPS) is 12.7. The molecule has 102 valence electrons. The third-order valence-corrected chi connectivity index (χ3v) is 10.9. The van der Waals surface area contributed by atoms with E-state index in [-0.39, 0.29) is 0 Å². The highest BCUT2D eigenvalue weighted by Crippen LogP contribution is 2.42. The highest BCUT2D eigenvalue weighted by Gasteiger charge is 2.45. The molecule has 1 aromatic rings. The fourth-order valence-electron chi connectivity index (χ4n) is 3.66. The summed E-state index contributed by atoms with van der Waals surface area (Å²) in [6.45, 7) is 13.6. The van der Waals surface area contributed by atoms with Gasteiger partial charge in [-0.25, -0.2) is 4.79 Å². The molecule has 0 radical (unpaired) electrons. The average Bonchev–Trinajstić information content (AvgIpc) is 2.66. The molecule has 1 aromatic heterocycles. The van der Waals surface area contributed by atoms with Crippen molar-refractivity contribution < 1.29 is 9.90 Å². The largest absolute Gasteiger partial charge is 0.478 e. The Labute approximate surface area is 111 Å². The zero-order chi connectivity index (χ0) is 14.1.